The Morgan fingerprint density at radius 3 is 2.39 bits per heavy atom. The van der Waals surface area contributed by atoms with Crippen LogP contribution in [-0.2, 0) is 9.59 Å². The van der Waals surface area contributed by atoms with Crippen LogP contribution in [0.5, 0.6) is 0 Å². The molecule has 2 amide bonds. The topological polar surface area (TPSA) is 49.4 Å². The molecule has 0 aromatic rings. The first kappa shape index (κ1) is 15.0. The fraction of sp³-hybridized carbons (Fsp3) is 0.857. The number of hydrogen-bond acceptors (Lipinski definition) is 2. The van der Waals surface area contributed by atoms with Crippen LogP contribution in [0.25, 0.3) is 0 Å². The van der Waals surface area contributed by atoms with E-state index >= 15 is 0 Å². The molecule has 1 aliphatic heterocycles. The van der Waals surface area contributed by atoms with Gasteiger partial charge in [0, 0.05) is 6.54 Å². The molecule has 0 bridgehead atoms. The lowest BCUT2D eigenvalue weighted by Gasteiger charge is -2.46. The van der Waals surface area contributed by atoms with Crippen LogP contribution in [-0.4, -0.2) is 34.8 Å². The van der Waals surface area contributed by atoms with E-state index in [1.165, 1.54) is 0 Å². The highest BCUT2D eigenvalue weighted by atomic mass is 16.2. The number of rotatable bonds is 6. The number of piperazine rings is 1. The van der Waals surface area contributed by atoms with E-state index in [-0.39, 0.29) is 17.9 Å². The number of nitrogens with one attached hydrogen (secondary N) is 1. The van der Waals surface area contributed by atoms with Gasteiger partial charge in [-0.3, -0.25) is 9.59 Å². The molecular weight excluding hydrogens is 228 g/mol. The smallest absolute Gasteiger partial charge is 0.246 e. The number of nitrogens with zero attached hydrogens (tertiary/aromatic N) is 1. The van der Waals surface area contributed by atoms with Crippen LogP contribution in [0.1, 0.15) is 59.8 Å². The Bertz CT molecular complexity index is 317. The zero-order chi connectivity index (χ0) is 13.8. The quantitative estimate of drug-likeness (QED) is 0.738. The fourth-order valence-electron chi connectivity index (χ4n) is 2.43. The standard InChI is InChI=1S/C14H26N2O2/c1-5-8-9-10-16-12(17)11(6-2)15-13(18)14(16,4)7-3/h11H,5-10H2,1-4H3,(H,15,18). The van der Waals surface area contributed by atoms with Crippen LogP contribution in [0.2, 0.25) is 0 Å². The molecule has 4 nitrogen and oxygen atoms in total. The van der Waals surface area contributed by atoms with Gasteiger partial charge >= 0.3 is 0 Å². The van der Waals surface area contributed by atoms with E-state index in [9.17, 15) is 9.59 Å². The molecular formula is C14H26N2O2. The monoisotopic (exact) mass is 254 g/mol. The summed E-state index contributed by atoms with van der Waals surface area (Å²) in [6, 6.07) is -0.334. The summed E-state index contributed by atoms with van der Waals surface area (Å²) in [6.07, 6.45) is 4.51. The van der Waals surface area contributed by atoms with Crippen molar-refractivity contribution in [1.82, 2.24) is 10.2 Å². The van der Waals surface area contributed by atoms with Crippen LogP contribution < -0.4 is 5.32 Å². The normalized spacial score (nSPS) is 28.4. The molecule has 2 atom stereocenters. The molecule has 1 heterocycles. The number of unbranched alkanes of at least 4 members (excludes halogenated alkanes) is 2. The Morgan fingerprint density at radius 2 is 1.89 bits per heavy atom. The van der Waals surface area contributed by atoms with Gasteiger partial charge in [-0.2, -0.15) is 0 Å². The summed E-state index contributed by atoms with van der Waals surface area (Å²) in [5.41, 5.74) is -0.670. The number of carbonyl (C=O) groups excluding carboxylic acids is 2. The predicted molar refractivity (Wildman–Crippen MR) is 72.2 cm³/mol. The molecule has 0 radical (unpaired) electrons. The van der Waals surface area contributed by atoms with Crippen LogP contribution in [0, 0.1) is 0 Å². The van der Waals surface area contributed by atoms with Gasteiger partial charge in [0.05, 0.1) is 0 Å². The van der Waals surface area contributed by atoms with Crippen molar-refractivity contribution in [3.63, 3.8) is 0 Å². The lowest BCUT2D eigenvalue weighted by molar-refractivity contribution is -0.156. The third-order valence-corrected chi connectivity index (χ3v) is 4.04. The van der Waals surface area contributed by atoms with Crippen molar-refractivity contribution in [3.8, 4) is 0 Å². The van der Waals surface area contributed by atoms with Gasteiger partial charge < -0.3 is 10.2 Å². The maximum atomic E-state index is 12.4. The molecule has 0 saturated carbocycles. The lowest BCUT2D eigenvalue weighted by atomic mass is 9.89. The Labute approximate surface area is 110 Å². The Morgan fingerprint density at radius 1 is 1.22 bits per heavy atom. The van der Waals surface area contributed by atoms with Gasteiger partial charge in [0.15, 0.2) is 0 Å². The molecule has 0 aliphatic carbocycles. The summed E-state index contributed by atoms with van der Waals surface area (Å²) in [4.78, 5) is 26.4. The highest BCUT2D eigenvalue weighted by Gasteiger charge is 2.47. The number of hydrogen-bond donors (Lipinski definition) is 1. The van der Waals surface area contributed by atoms with Gasteiger partial charge in [-0.1, -0.05) is 33.6 Å². The maximum absolute atomic E-state index is 12.4. The van der Waals surface area contributed by atoms with Crippen molar-refractivity contribution < 1.29 is 9.59 Å². The van der Waals surface area contributed by atoms with Crippen LogP contribution in [0.4, 0.5) is 0 Å². The Hall–Kier alpha value is -1.06. The summed E-state index contributed by atoms with van der Waals surface area (Å²) < 4.78 is 0. The molecule has 2 unspecified atom stereocenters. The summed E-state index contributed by atoms with van der Waals surface area (Å²) in [5.74, 6) is 0.0745. The molecule has 1 fully saturated rings. The average molecular weight is 254 g/mol. The fourth-order valence-corrected chi connectivity index (χ4v) is 2.43. The van der Waals surface area contributed by atoms with Crippen LogP contribution >= 0.6 is 0 Å². The van der Waals surface area contributed by atoms with Crippen molar-refractivity contribution in [2.24, 2.45) is 0 Å². The molecule has 0 aromatic carbocycles. The minimum atomic E-state index is -0.670. The van der Waals surface area contributed by atoms with Gasteiger partial charge in [-0.15, -0.1) is 0 Å². The average Bonchev–Trinajstić information content (AvgIpc) is 2.38. The van der Waals surface area contributed by atoms with Crippen molar-refractivity contribution in [2.75, 3.05) is 6.54 Å². The number of amides is 2. The Kier molecular flexibility index (Phi) is 5.17. The zero-order valence-electron chi connectivity index (χ0n) is 12.1. The van der Waals surface area contributed by atoms with E-state index in [4.69, 9.17) is 0 Å². The third-order valence-electron chi connectivity index (χ3n) is 4.04. The molecule has 18 heavy (non-hydrogen) atoms. The first-order valence-corrected chi connectivity index (χ1v) is 7.13. The third kappa shape index (κ3) is 2.68. The second kappa shape index (κ2) is 6.21. The minimum absolute atomic E-state index is 0.00653. The van der Waals surface area contributed by atoms with Gasteiger partial charge in [0.1, 0.15) is 11.6 Å². The van der Waals surface area contributed by atoms with Crippen molar-refractivity contribution in [3.05, 3.63) is 0 Å². The molecule has 1 aliphatic rings. The van der Waals surface area contributed by atoms with Gasteiger partial charge in [-0.05, 0) is 26.2 Å². The number of carbonyl (C=O) groups is 2. The van der Waals surface area contributed by atoms with E-state index in [0.717, 1.165) is 19.3 Å². The van der Waals surface area contributed by atoms with Crippen molar-refractivity contribution in [1.29, 1.82) is 0 Å². The van der Waals surface area contributed by atoms with E-state index in [2.05, 4.69) is 12.2 Å². The SMILES string of the molecule is CCCCCN1C(=O)C(CC)NC(=O)C1(C)CC. The van der Waals surface area contributed by atoms with Crippen LogP contribution in [0.15, 0.2) is 0 Å². The van der Waals surface area contributed by atoms with E-state index in [1.807, 2.05) is 20.8 Å². The van der Waals surface area contributed by atoms with E-state index in [1.54, 1.807) is 4.90 Å². The second-order valence-corrected chi connectivity index (χ2v) is 5.26. The highest BCUT2D eigenvalue weighted by Crippen LogP contribution is 2.26. The second-order valence-electron chi connectivity index (χ2n) is 5.26. The highest BCUT2D eigenvalue weighted by molar-refractivity contribution is 5.99. The van der Waals surface area contributed by atoms with E-state index < -0.39 is 5.54 Å². The molecule has 4 heteroatoms. The summed E-state index contributed by atoms with van der Waals surface area (Å²) in [6.45, 7) is 8.60. The molecule has 0 spiro atoms. The molecule has 1 saturated heterocycles. The van der Waals surface area contributed by atoms with Gasteiger partial charge in [0.2, 0.25) is 11.8 Å². The summed E-state index contributed by atoms with van der Waals surface area (Å²) in [7, 11) is 0. The molecule has 1 N–H and O–H groups in total. The summed E-state index contributed by atoms with van der Waals surface area (Å²) in [5, 5.41) is 2.85. The van der Waals surface area contributed by atoms with Crippen molar-refractivity contribution in [2.45, 2.75) is 71.4 Å². The van der Waals surface area contributed by atoms with Gasteiger partial charge in [-0.25, -0.2) is 0 Å². The van der Waals surface area contributed by atoms with Crippen LogP contribution in [0.3, 0.4) is 0 Å². The zero-order valence-corrected chi connectivity index (χ0v) is 12.1. The first-order chi connectivity index (χ1) is 8.51. The minimum Gasteiger partial charge on any atom is -0.342 e. The maximum Gasteiger partial charge on any atom is 0.246 e. The predicted octanol–water partition coefficient (Wildman–Crippen LogP) is 2.08. The Balaban J connectivity index is 2.87. The largest absolute Gasteiger partial charge is 0.342 e. The lowest BCUT2D eigenvalue weighted by Crippen LogP contribution is -2.69. The summed E-state index contributed by atoms with van der Waals surface area (Å²) >= 11 is 0. The van der Waals surface area contributed by atoms with E-state index in [0.29, 0.717) is 19.4 Å². The molecule has 0 aromatic heterocycles. The van der Waals surface area contributed by atoms with Gasteiger partial charge in [0.25, 0.3) is 0 Å². The van der Waals surface area contributed by atoms with Crippen molar-refractivity contribution >= 4 is 11.8 Å². The first-order valence-electron chi connectivity index (χ1n) is 7.13. The molecule has 104 valence electrons. The molecule has 1 rings (SSSR count).